The monoisotopic (exact) mass is 185 g/mol. The molecule has 0 aromatic heterocycles. The second-order valence-electron chi connectivity index (χ2n) is 2.47. The maximum atomic E-state index is 11.2. The molecule has 1 aliphatic rings. The lowest BCUT2D eigenvalue weighted by molar-refractivity contribution is -0.122. The fraction of sp³-hybridized carbons (Fsp3) is 0.714. The second kappa shape index (κ2) is 5.01. The van der Waals surface area contributed by atoms with Crippen LogP contribution in [0, 0.1) is 11.3 Å². The number of carbonyl (C=O) groups is 1. The van der Waals surface area contributed by atoms with E-state index in [4.69, 9.17) is 5.26 Å². The zero-order valence-electron chi connectivity index (χ0n) is 6.67. The average molecular weight is 185 g/mol. The summed E-state index contributed by atoms with van der Waals surface area (Å²) in [5.41, 5.74) is 0. The molecule has 1 rings (SSSR count). The van der Waals surface area contributed by atoms with Crippen LogP contribution in [0.15, 0.2) is 0 Å². The van der Waals surface area contributed by atoms with Crippen LogP contribution < -0.4 is 10.6 Å². The van der Waals surface area contributed by atoms with Crippen molar-refractivity contribution in [2.75, 3.05) is 18.2 Å². The third kappa shape index (κ3) is 2.72. The molecule has 4 nitrogen and oxygen atoms in total. The van der Waals surface area contributed by atoms with Gasteiger partial charge in [-0.15, -0.1) is 11.8 Å². The van der Waals surface area contributed by atoms with Crippen LogP contribution in [0.4, 0.5) is 0 Å². The number of rotatable bonds is 3. The number of nitrogens with one attached hydrogen (secondary N) is 2. The van der Waals surface area contributed by atoms with Crippen molar-refractivity contribution in [1.82, 2.24) is 10.6 Å². The van der Waals surface area contributed by atoms with E-state index in [1.165, 1.54) is 0 Å². The number of hydrogen-bond donors (Lipinski definition) is 2. The standard InChI is InChI=1S/C7H11N3OS/c8-2-1-3-9-7(11)6-4-12-5-10-6/h6,10H,1,3-5H2,(H,9,11). The first-order valence-corrected chi connectivity index (χ1v) is 4.96. The fourth-order valence-corrected chi connectivity index (χ4v) is 1.87. The average Bonchev–Trinajstić information content (AvgIpc) is 2.56. The third-order valence-corrected chi connectivity index (χ3v) is 2.51. The van der Waals surface area contributed by atoms with Crippen molar-refractivity contribution in [3.8, 4) is 6.07 Å². The Balaban J connectivity index is 2.15. The Bertz CT molecular complexity index is 195. The lowest BCUT2D eigenvalue weighted by Gasteiger charge is -2.08. The normalized spacial score (nSPS) is 21.8. The van der Waals surface area contributed by atoms with Crippen LogP contribution >= 0.6 is 11.8 Å². The first-order valence-electron chi connectivity index (χ1n) is 3.80. The van der Waals surface area contributed by atoms with E-state index < -0.39 is 0 Å². The van der Waals surface area contributed by atoms with Gasteiger partial charge in [-0.1, -0.05) is 0 Å². The molecular formula is C7H11N3OS. The van der Waals surface area contributed by atoms with E-state index in [0.717, 1.165) is 11.6 Å². The van der Waals surface area contributed by atoms with Crippen molar-refractivity contribution in [3.63, 3.8) is 0 Å². The van der Waals surface area contributed by atoms with Gasteiger partial charge in [0.1, 0.15) is 0 Å². The van der Waals surface area contributed by atoms with Gasteiger partial charge in [-0.2, -0.15) is 5.26 Å². The number of thioether (sulfide) groups is 1. The van der Waals surface area contributed by atoms with Crippen molar-refractivity contribution >= 4 is 17.7 Å². The van der Waals surface area contributed by atoms with Gasteiger partial charge in [-0.3, -0.25) is 10.1 Å². The Kier molecular flexibility index (Phi) is 3.91. The molecule has 1 unspecified atom stereocenters. The van der Waals surface area contributed by atoms with Gasteiger partial charge >= 0.3 is 0 Å². The van der Waals surface area contributed by atoms with E-state index in [9.17, 15) is 4.79 Å². The zero-order chi connectivity index (χ0) is 8.81. The largest absolute Gasteiger partial charge is 0.354 e. The molecule has 1 fully saturated rings. The minimum atomic E-state index is -0.0614. The molecule has 1 aliphatic heterocycles. The lowest BCUT2D eigenvalue weighted by Crippen LogP contribution is -2.42. The topological polar surface area (TPSA) is 64.9 Å². The third-order valence-electron chi connectivity index (χ3n) is 1.57. The van der Waals surface area contributed by atoms with Crippen molar-refractivity contribution in [2.45, 2.75) is 12.5 Å². The molecule has 66 valence electrons. The van der Waals surface area contributed by atoms with E-state index >= 15 is 0 Å². The summed E-state index contributed by atoms with van der Waals surface area (Å²) in [5, 5.41) is 14.0. The highest BCUT2D eigenvalue weighted by Crippen LogP contribution is 2.08. The minimum absolute atomic E-state index is 0.00949. The van der Waals surface area contributed by atoms with Gasteiger partial charge in [0.15, 0.2) is 0 Å². The molecule has 0 aromatic carbocycles. The van der Waals surface area contributed by atoms with Crippen molar-refractivity contribution in [3.05, 3.63) is 0 Å². The minimum Gasteiger partial charge on any atom is -0.354 e. The van der Waals surface area contributed by atoms with Crippen molar-refractivity contribution in [1.29, 1.82) is 5.26 Å². The Morgan fingerprint density at radius 3 is 3.25 bits per heavy atom. The number of hydrogen-bond acceptors (Lipinski definition) is 4. The van der Waals surface area contributed by atoms with Gasteiger partial charge in [0.05, 0.1) is 18.5 Å². The summed E-state index contributed by atoms with van der Waals surface area (Å²) >= 11 is 1.71. The predicted molar refractivity (Wildman–Crippen MR) is 47.5 cm³/mol. The molecule has 0 aliphatic carbocycles. The maximum absolute atomic E-state index is 11.2. The molecule has 5 heteroatoms. The van der Waals surface area contributed by atoms with Crippen LogP contribution in [-0.4, -0.2) is 30.1 Å². The molecule has 0 spiro atoms. The van der Waals surface area contributed by atoms with E-state index in [1.54, 1.807) is 11.8 Å². The summed E-state index contributed by atoms with van der Waals surface area (Å²) in [6.07, 6.45) is 0.381. The Morgan fingerprint density at radius 2 is 2.67 bits per heavy atom. The van der Waals surface area contributed by atoms with E-state index in [-0.39, 0.29) is 11.9 Å². The highest BCUT2D eigenvalue weighted by atomic mass is 32.2. The Morgan fingerprint density at radius 1 is 1.83 bits per heavy atom. The molecule has 1 saturated heterocycles. The van der Waals surface area contributed by atoms with Gasteiger partial charge in [0.25, 0.3) is 0 Å². The molecule has 2 N–H and O–H groups in total. The maximum Gasteiger partial charge on any atom is 0.238 e. The number of nitrogens with zero attached hydrogens (tertiary/aromatic N) is 1. The smallest absolute Gasteiger partial charge is 0.238 e. The fourth-order valence-electron chi connectivity index (χ4n) is 0.928. The molecule has 12 heavy (non-hydrogen) atoms. The molecule has 1 atom stereocenters. The molecular weight excluding hydrogens is 174 g/mol. The summed E-state index contributed by atoms with van der Waals surface area (Å²) in [6.45, 7) is 0.457. The van der Waals surface area contributed by atoms with Crippen LogP contribution in [0.2, 0.25) is 0 Å². The lowest BCUT2D eigenvalue weighted by atomic mass is 10.3. The second-order valence-corrected chi connectivity index (χ2v) is 3.50. The van der Waals surface area contributed by atoms with Gasteiger partial charge in [-0.05, 0) is 0 Å². The van der Waals surface area contributed by atoms with E-state index in [0.29, 0.717) is 13.0 Å². The van der Waals surface area contributed by atoms with Crippen molar-refractivity contribution < 1.29 is 4.79 Å². The molecule has 1 amide bonds. The van der Waals surface area contributed by atoms with Crippen LogP contribution in [0.5, 0.6) is 0 Å². The number of carbonyl (C=O) groups excluding carboxylic acids is 1. The summed E-state index contributed by atoms with van der Waals surface area (Å²) in [4.78, 5) is 11.2. The summed E-state index contributed by atoms with van der Waals surface area (Å²) in [5.74, 6) is 1.68. The van der Waals surface area contributed by atoms with E-state index in [1.807, 2.05) is 6.07 Å². The molecule has 0 radical (unpaired) electrons. The van der Waals surface area contributed by atoms with Crippen LogP contribution in [0.1, 0.15) is 6.42 Å². The van der Waals surface area contributed by atoms with Crippen LogP contribution in [0.3, 0.4) is 0 Å². The summed E-state index contributed by atoms with van der Waals surface area (Å²) < 4.78 is 0. The van der Waals surface area contributed by atoms with Gasteiger partial charge in [0, 0.05) is 18.2 Å². The molecule has 0 bridgehead atoms. The number of amides is 1. The Labute approximate surface area is 75.7 Å². The summed E-state index contributed by atoms with van der Waals surface area (Å²) in [7, 11) is 0. The zero-order valence-corrected chi connectivity index (χ0v) is 7.49. The van der Waals surface area contributed by atoms with Crippen LogP contribution in [-0.2, 0) is 4.79 Å². The highest BCUT2D eigenvalue weighted by molar-refractivity contribution is 7.99. The molecule has 1 heterocycles. The molecule has 0 saturated carbocycles. The first kappa shape index (κ1) is 9.36. The van der Waals surface area contributed by atoms with Gasteiger partial charge in [0.2, 0.25) is 5.91 Å². The molecule has 0 aromatic rings. The highest BCUT2D eigenvalue weighted by Gasteiger charge is 2.21. The quantitative estimate of drug-likeness (QED) is 0.591. The number of nitriles is 1. The van der Waals surface area contributed by atoms with Crippen molar-refractivity contribution in [2.24, 2.45) is 0 Å². The predicted octanol–water partition coefficient (Wildman–Crippen LogP) is -0.321. The summed E-state index contributed by atoms with van der Waals surface area (Å²) in [6, 6.07) is 1.91. The first-order chi connectivity index (χ1) is 5.84. The van der Waals surface area contributed by atoms with Crippen LogP contribution in [0.25, 0.3) is 0 Å². The van der Waals surface area contributed by atoms with Gasteiger partial charge in [-0.25, -0.2) is 0 Å². The van der Waals surface area contributed by atoms with E-state index in [2.05, 4.69) is 10.6 Å². The SMILES string of the molecule is N#CCCNC(=O)C1CSCN1. The Hall–Kier alpha value is -0.730. The van der Waals surface area contributed by atoms with Gasteiger partial charge < -0.3 is 5.32 Å².